The Kier molecular flexibility index (Phi) is 2.50. The van der Waals surface area contributed by atoms with Crippen molar-refractivity contribution in [2.24, 2.45) is 11.8 Å². The van der Waals surface area contributed by atoms with Crippen LogP contribution in [-0.2, 0) is 0 Å². The largest absolute Gasteiger partial charge is 0.248 e. The first kappa shape index (κ1) is 8.95. The molecule has 0 nitrogen and oxygen atoms in total. The van der Waals surface area contributed by atoms with E-state index >= 15 is 0 Å². The fourth-order valence-electron chi connectivity index (χ4n) is 1.74. The molecule has 1 aliphatic rings. The van der Waals surface area contributed by atoms with Gasteiger partial charge in [0.05, 0.1) is 0 Å². The second-order valence-corrected chi connectivity index (χ2v) is 3.91. The fraction of sp³-hybridized carbons (Fsp3) is 1.00. The average molecular weight is 162 g/mol. The lowest BCUT2D eigenvalue weighted by atomic mass is 9.91. The minimum atomic E-state index is -2.38. The maximum Gasteiger partial charge on any atom is 0.248 e. The quantitative estimate of drug-likeness (QED) is 0.478. The highest BCUT2D eigenvalue weighted by Crippen LogP contribution is 2.37. The predicted octanol–water partition coefficient (Wildman–Crippen LogP) is 3.47. The summed E-state index contributed by atoms with van der Waals surface area (Å²) in [6.07, 6.45) is 1.85. The molecule has 0 heterocycles. The minimum absolute atomic E-state index is 0.0914. The van der Waals surface area contributed by atoms with Crippen LogP contribution in [0.2, 0.25) is 0 Å². The number of halogens is 2. The maximum absolute atomic E-state index is 12.9. The molecule has 0 N–H and O–H groups in total. The summed E-state index contributed by atoms with van der Waals surface area (Å²) in [6.45, 7) is 4.01. The number of hydrogen-bond donors (Lipinski definition) is 0. The SMILES string of the molecule is CC1CCCC(F)(F)CC1C. The number of hydrogen-bond acceptors (Lipinski definition) is 0. The van der Waals surface area contributed by atoms with Crippen LogP contribution in [0.3, 0.4) is 0 Å². The fourth-order valence-corrected chi connectivity index (χ4v) is 1.74. The van der Waals surface area contributed by atoms with Crippen molar-refractivity contribution in [2.45, 2.75) is 45.5 Å². The molecule has 1 saturated carbocycles. The smallest absolute Gasteiger partial charge is 0.207 e. The Morgan fingerprint density at radius 2 is 1.82 bits per heavy atom. The lowest BCUT2D eigenvalue weighted by Gasteiger charge is -2.19. The lowest BCUT2D eigenvalue weighted by molar-refractivity contribution is -0.0254. The second-order valence-electron chi connectivity index (χ2n) is 3.91. The van der Waals surface area contributed by atoms with Gasteiger partial charge >= 0.3 is 0 Å². The summed E-state index contributed by atoms with van der Waals surface area (Å²) >= 11 is 0. The Morgan fingerprint density at radius 1 is 1.18 bits per heavy atom. The first-order valence-corrected chi connectivity index (χ1v) is 4.39. The monoisotopic (exact) mass is 162 g/mol. The van der Waals surface area contributed by atoms with Crippen LogP contribution in [0, 0.1) is 11.8 Å². The third kappa shape index (κ3) is 2.42. The Hall–Kier alpha value is -0.140. The molecule has 0 aliphatic heterocycles. The van der Waals surface area contributed by atoms with Gasteiger partial charge in [-0.15, -0.1) is 0 Å². The van der Waals surface area contributed by atoms with Gasteiger partial charge in [-0.1, -0.05) is 20.3 Å². The van der Waals surface area contributed by atoms with Gasteiger partial charge in [0.25, 0.3) is 0 Å². The van der Waals surface area contributed by atoms with Crippen molar-refractivity contribution >= 4 is 0 Å². The molecule has 11 heavy (non-hydrogen) atoms. The summed E-state index contributed by atoms with van der Waals surface area (Å²) in [5.74, 6) is -1.72. The minimum Gasteiger partial charge on any atom is -0.207 e. The van der Waals surface area contributed by atoms with Gasteiger partial charge in [0.15, 0.2) is 0 Å². The molecular formula is C9H16F2. The van der Waals surface area contributed by atoms with E-state index in [1.807, 2.05) is 6.92 Å². The topological polar surface area (TPSA) is 0 Å². The summed E-state index contributed by atoms with van der Waals surface area (Å²) in [5.41, 5.74) is 0. The average Bonchev–Trinajstić information content (AvgIpc) is 1.93. The highest BCUT2D eigenvalue weighted by molar-refractivity contribution is 4.77. The zero-order valence-electron chi connectivity index (χ0n) is 7.24. The highest BCUT2D eigenvalue weighted by Gasteiger charge is 2.34. The first-order valence-electron chi connectivity index (χ1n) is 4.39. The standard InChI is InChI=1S/C9H16F2/c1-7-4-3-5-9(10,11)6-8(7)2/h7-8H,3-6H2,1-2H3. The van der Waals surface area contributed by atoms with Crippen LogP contribution in [0.1, 0.15) is 39.5 Å². The van der Waals surface area contributed by atoms with Gasteiger partial charge in [0, 0.05) is 12.8 Å². The molecule has 1 rings (SSSR count). The summed E-state index contributed by atoms with van der Waals surface area (Å²) in [5, 5.41) is 0. The molecule has 0 aromatic rings. The summed E-state index contributed by atoms with van der Waals surface area (Å²) in [4.78, 5) is 0. The summed E-state index contributed by atoms with van der Waals surface area (Å²) in [7, 11) is 0. The second kappa shape index (κ2) is 3.08. The van der Waals surface area contributed by atoms with Crippen molar-refractivity contribution in [3.8, 4) is 0 Å². The highest BCUT2D eigenvalue weighted by atomic mass is 19.3. The van der Waals surface area contributed by atoms with Crippen molar-refractivity contribution < 1.29 is 8.78 Å². The molecule has 66 valence electrons. The van der Waals surface area contributed by atoms with E-state index in [9.17, 15) is 8.78 Å². The molecule has 0 radical (unpaired) electrons. The van der Waals surface area contributed by atoms with Crippen LogP contribution in [0.5, 0.6) is 0 Å². The Balaban J connectivity index is 2.55. The molecule has 1 fully saturated rings. The predicted molar refractivity (Wildman–Crippen MR) is 41.7 cm³/mol. The first-order chi connectivity index (χ1) is 5.01. The van der Waals surface area contributed by atoms with Gasteiger partial charge in [0.1, 0.15) is 0 Å². The number of alkyl halides is 2. The van der Waals surface area contributed by atoms with E-state index < -0.39 is 5.92 Å². The molecule has 0 spiro atoms. The van der Waals surface area contributed by atoms with Crippen LogP contribution in [0.25, 0.3) is 0 Å². The molecule has 0 aromatic carbocycles. The van der Waals surface area contributed by atoms with E-state index in [2.05, 4.69) is 6.92 Å². The zero-order valence-corrected chi connectivity index (χ0v) is 7.24. The van der Waals surface area contributed by atoms with Gasteiger partial charge in [-0.3, -0.25) is 0 Å². The van der Waals surface area contributed by atoms with E-state index in [-0.39, 0.29) is 18.8 Å². The van der Waals surface area contributed by atoms with E-state index in [1.54, 1.807) is 0 Å². The third-order valence-electron chi connectivity index (χ3n) is 2.79. The molecule has 0 bridgehead atoms. The van der Waals surface area contributed by atoms with Crippen LogP contribution < -0.4 is 0 Å². The molecule has 0 saturated heterocycles. The van der Waals surface area contributed by atoms with Crippen molar-refractivity contribution in [3.63, 3.8) is 0 Å². The van der Waals surface area contributed by atoms with Gasteiger partial charge in [-0.05, 0) is 18.3 Å². The normalized spacial score (nSPS) is 38.2. The molecule has 0 aromatic heterocycles. The summed E-state index contributed by atoms with van der Waals surface area (Å²) in [6, 6.07) is 0. The number of rotatable bonds is 0. The van der Waals surface area contributed by atoms with Crippen LogP contribution >= 0.6 is 0 Å². The lowest BCUT2D eigenvalue weighted by Crippen LogP contribution is -2.18. The van der Waals surface area contributed by atoms with Crippen molar-refractivity contribution in [3.05, 3.63) is 0 Å². The van der Waals surface area contributed by atoms with Gasteiger partial charge in [-0.25, -0.2) is 8.78 Å². The van der Waals surface area contributed by atoms with Crippen molar-refractivity contribution in [1.29, 1.82) is 0 Å². The maximum atomic E-state index is 12.9. The molecule has 1 aliphatic carbocycles. The van der Waals surface area contributed by atoms with Crippen molar-refractivity contribution in [2.75, 3.05) is 0 Å². The van der Waals surface area contributed by atoms with Crippen LogP contribution in [-0.4, -0.2) is 5.92 Å². The Bertz CT molecular complexity index is 132. The van der Waals surface area contributed by atoms with Gasteiger partial charge < -0.3 is 0 Å². The van der Waals surface area contributed by atoms with E-state index in [0.29, 0.717) is 12.3 Å². The molecule has 2 atom stereocenters. The molecular weight excluding hydrogens is 146 g/mol. The zero-order chi connectivity index (χ0) is 8.48. The molecule has 2 unspecified atom stereocenters. The Morgan fingerprint density at radius 3 is 2.45 bits per heavy atom. The van der Waals surface area contributed by atoms with Crippen LogP contribution in [0.4, 0.5) is 8.78 Å². The van der Waals surface area contributed by atoms with Crippen molar-refractivity contribution in [1.82, 2.24) is 0 Å². The van der Waals surface area contributed by atoms with E-state index in [4.69, 9.17) is 0 Å². The summed E-state index contributed by atoms with van der Waals surface area (Å²) < 4.78 is 25.8. The van der Waals surface area contributed by atoms with E-state index in [1.165, 1.54) is 0 Å². The molecule has 0 amide bonds. The molecule has 2 heteroatoms. The van der Waals surface area contributed by atoms with E-state index in [0.717, 1.165) is 6.42 Å². The van der Waals surface area contributed by atoms with Gasteiger partial charge in [0.2, 0.25) is 5.92 Å². The van der Waals surface area contributed by atoms with Crippen LogP contribution in [0.15, 0.2) is 0 Å². The Labute approximate surface area is 67.0 Å². The van der Waals surface area contributed by atoms with Gasteiger partial charge in [-0.2, -0.15) is 0 Å². The third-order valence-corrected chi connectivity index (χ3v) is 2.79.